The standard InChI is InChI=1S/C12H10FN3O2/c1-7-2-3-8(13)4-9(7)16-11-6-14-10(5-15-11)12(17)18/h2-6H,1H3,(H,15,16)(H,17,18). The van der Waals surface area contributed by atoms with E-state index in [0.717, 1.165) is 11.8 Å². The SMILES string of the molecule is Cc1ccc(F)cc1Nc1cnc(C(=O)O)cn1. The van der Waals surface area contributed by atoms with Crippen LogP contribution >= 0.6 is 0 Å². The van der Waals surface area contributed by atoms with Crippen molar-refractivity contribution >= 4 is 17.5 Å². The molecular formula is C12H10FN3O2. The second-order valence-electron chi connectivity index (χ2n) is 3.68. The Bertz CT molecular complexity index is 584. The predicted molar refractivity (Wildman–Crippen MR) is 63.4 cm³/mol. The molecule has 0 aliphatic rings. The van der Waals surface area contributed by atoms with Crippen molar-refractivity contribution in [3.05, 3.63) is 47.7 Å². The van der Waals surface area contributed by atoms with Gasteiger partial charge in [0.1, 0.15) is 11.6 Å². The van der Waals surface area contributed by atoms with Crippen molar-refractivity contribution in [2.45, 2.75) is 6.92 Å². The molecule has 0 spiro atoms. The molecule has 1 aromatic heterocycles. The number of carbonyl (C=O) groups is 1. The fraction of sp³-hybridized carbons (Fsp3) is 0.0833. The van der Waals surface area contributed by atoms with Crippen LogP contribution in [-0.4, -0.2) is 21.0 Å². The van der Waals surface area contributed by atoms with Crippen molar-refractivity contribution in [2.24, 2.45) is 0 Å². The third kappa shape index (κ3) is 2.60. The van der Waals surface area contributed by atoms with Gasteiger partial charge in [-0.2, -0.15) is 0 Å². The lowest BCUT2D eigenvalue weighted by atomic mass is 10.2. The highest BCUT2D eigenvalue weighted by Gasteiger charge is 2.06. The maximum Gasteiger partial charge on any atom is 0.356 e. The summed E-state index contributed by atoms with van der Waals surface area (Å²) < 4.78 is 13.1. The van der Waals surface area contributed by atoms with Gasteiger partial charge in [-0.3, -0.25) is 0 Å². The second kappa shape index (κ2) is 4.79. The van der Waals surface area contributed by atoms with Crippen LogP contribution in [-0.2, 0) is 0 Å². The summed E-state index contributed by atoms with van der Waals surface area (Å²) >= 11 is 0. The molecule has 0 amide bonds. The zero-order chi connectivity index (χ0) is 13.1. The summed E-state index contributed by atoms with van der Waals surface area (Å²) in [7, 11) is 0. The van der Waals surface area contributed by atoms with E-state index in [-0.39, 0.29) is 11.5 Å². The molecule has 0 saturated heterocycles. The number of rotatable bonds is 3. The van der Waals surface area contributed by atoms with Crippen molar-refractivity contribution in [2.75, 3.05) is 5.32 Å². The van der Waals surface area contributed by atoms with E-state index in [0.29, 0.717) is 11.5 Å². The van der Waals surface area contributed by atoms with E-state index in [1.165, 1.54) is 18.3 Å². The third-order valence-corrected chi connectivity index (χ3v) is 2.33. The monoisotopic (exact) mass is 247 g/mol. The quantitative estimate of drug-likeness (QED) is 0.870. The number of aromatic nitrogens is 2. The van der Waals surface area contributed by atoms with E-state index in [4.69, 9.17) is 5.11 Å². The Labute approximate surface area is 102 Å². The molecule has 0 fully saturated rings. The van der Waals surface area contributed by atoms with Crippen molar-refractivity contribution in [3.63, 3.8) is 0 Å². The number of aryl methyl sites for hydroxylation is 1. The van der Waals surface area contributed by atoms with Crippen LogP contribution in [0.3, 0.4) is 0 Å². The van der Waals surface area contributed by atoms with Crippen molar-refractivity contribution < 1.29 is 14.3 Å². The van der Waals surface area contributed by atoms with Crippen LogP contribution in [0.25, 0.3) is 0 Å². The van der Waals surface area contributed by atoms with Gasteiger partial charge in [-0.15, -0.1) is 0 Å². The number of carboxylic acids is 1. The van der Waals surface area contributed by atoms with E-state index in [2.05, 4.69) is 15.3 Å². The highest BCUT2D eigenvalue weighted by molar-refractivity contribution is 5.85. The smallest absolute Gasteiger partial charge is 0.356 e. The molecule has 0 radical (unpaired) electrons. The van der Waals surface area contributed by atoms with Crippen LogP contribution in [0.1, 0.15) is 16.1 Å². The predicted octanol–water partition coefficient (Wildman–Crippen LogP) is 2.37. The molecule has 92 valence electrons. The molecule has 1 heterocycles. The van der Waals surface area contributed by atoms with Gasteiger partial charge in [0.25, 0.3) is 0 Å². The van der Waals surface area contributed by atoms with E-state index in [1.807, 2.05) is 6.92 Å². The summed E-state index contributed by atoms with van der Waals surface area (Å²) in [6.45, 7) is 1.82. The number of nitrogens with zero attached hydrogens (tertiary/aromatic N) is 2. The van der Waals surface area contributed by atoms with Gasteiger partial charge in [-0.05, 0) is 24.6 Å². The molecule has 18 heavy (non-hydrogen) atoms. The van der Waals surface area contributed by atoms with Crippen LogP contribution in [0.15, 0.2) is 30.6 Å². The zero-order valence-corrected chi connectivity index (χ0v) is 9.51. The number of halogens is 1. The minimum Gasteiger partial charge on any atom is -0.476 e. The first-order valence-electron chi connectivity index (χ1n) is 5.15. The summed E-state index contributed by atoms with van der Waals surface area (Å²) in [5.74, 6) is -1.15. The number of nitrogens with one attached hydrogen (secondary N) is 1. The molecule has 0 atom stereocenters. The molecule has 2 N–H and O–H groups in total. The Kier molecular flexibility index (Phi) is 3.18. The molecule has 1 aromatic carbocycles. The topological polar surface area (TPSA) is 75.1 Å². The number of carboxylic acid groups (broad SMARTS) is 1. The van der Waals surface area contributed by atoms with Crippen LogP contribution in [0.4, 0.5) is 15.9 Å². The largest absolute Gasteiger partial charge is 0.476 e. The van der Waals surface area contributed by atoms with Crippen molar-refractivity contribution in [3.8, 4) is 0 Å². The average molecular weight is 247 g/mol. The molecule has 0 saturated carbocycles. The Morgan fingerprint density at radius 2 is 2.11 bits per heavy atom. The number of benzene rings is 1. The van der Waals surface area contributed by atoms with Gasteiger partial charge in [-0.1, -0.05) is 6.07 Å². The summed E-state index contributed by atoms with van der Waals surface area (Å²) in [5, 5.41) is 11.5. The van der Waals surface area contributed by atoms with Crippen LogP contribution in [0.2, 0.25) is 0 Å². The molecule has 0 unspecified atom stereocenters. The van der Waals surface area contributed by atoms with Gasteiger partial charge in [0, 0.05) is 5.69 Å². The molecular weight excluding hydrogens is 237 g/mol. The van der Waals surface area contributed by atoms with Gasteiger partial charge in [0.2, 0.25) is 0 Å². The maximum absolute atomic E-state index is 13.1. The molecule has 2 rings (SSSR count). The van der Waals surface area contributed by atoms with Gasteiger partial charge >= 0.3 is 5.97 Å². The Morgan fingerprint density at radius 1 is 1.33 bits per heavy atom. The maximum atomic E-state index is 13.1. The molecule has 5 nitrogen and oxygen atoms in total. The summed E-state index contributed by atoms with van der Waals surface area (Å²) in [5.41, 5.74) is 1.27. The summed E-state index contributed by atoms with van der Waals surface area (Å²) in [4.78, 5) is 18.2. The fourth-order valence-corrected chi connectivity index (χ4v) is 1.37. The Hall–Kier alpha value is -2.50. The zero-order valence-electron chi connectivity index (χ0n) is 9.51. The Balaban J connectivity index is 2.23. The van der Waals surface area contributed by atoms with Gasteiger partial charge in [-0.25, -0.2) is 19.2 Å². The number of aromatic carboxylic acids is 1. The minimum absolute atomic E-state index is 0.142. The Morgan fingerprint density at radius 3 is 2.72 bits per heavy atom. The van der Waals surface area contributed by atoms with E-state index < -0.39 is 5.97 Å². The number of anilines is 2. The average Bonchev–Trinajstić information content (AvgIpc) is 2.34. The summed E-state index contributed by atoms with van der Waals surface area (Å²) in [6.07, 6.45) is 2.42. The van der Waals surface area contributed by atoms with Crippen molar-refractivity contribution in [1.29, 1.82) is 0 Å². The van der Waals surface area contributed by atoms with E-state index in [9.17, 15) is 9.18 Å². The van der Waals surface area contributed by atoms with E-state index in [1.54, 1.807) is 6.07 Å². The first-order valence-corrected chi connectivity index (χ1v) is 5.15. The van der Waals surface area contributed by atoms with Crippen molar-refractivity contribution in [1.82, 2.24) is 9.97 Å². The lowest BCUT2D eigenvalue weighted by molar-refractivity contribution is 0.0690. The highest BCUT2D eigenvalue weighted by atomic mass is 19.1. The van der Waals surface area contributed by atoms with Crippen LogP contribution in [0.5, 0.6) is 0 Å². The van der Waals surface area contributed by atoms with Gasteiger partial charge in [0.05, 0.1) is 12.4 Å². The van der Waals surface area contributed by atoms with Crippen LogP contribution < -0.4 is 5.32 Å². The first kappa shape index (κ1) is 12.0. The molecule has 2 aromatic rings. The lowest BCUT2D eigenvalue weighted by Crippen LogP contribution is -2.03. The lowest BCUT2D eigenvalue weighted by Gasteiger charge is -2.08. The van der Waals surface area contributed by atoms with E-state index >= 15 is 0 Å². The molecule has 0 aliphatic heterocycles. The van der Waals surface area contributed by atoms with Crippen LogP contribution in [0, 0.1) is 12.7 Å². The highest BCUT2D eigenvalue weighted by Crippen LogP contribution is 2.19. The normalized spacial score (nSPS) is 10.1. The molecule has 0 bridgehead atoms. The number of hydrogen-bond donors (Lipinski definition) is 2. The summed E-state index contributed by atoms with van der Waals surface area (Å²) in [6, 6.07) is 4.33. The number of hydrogen-bond acceptors (Lipinski definition) is 4. The minimum atomic E-state index is -1.14. The molecule has 6 heteroatoms. The fourth-order valence-electron chi connectivity index (χ4n) is 1.37. The third-order valence-electron chi connectivity index (χ3n) is 2.33. The van der Waals surface area contributed by atoms with Gasteiger partial charge in [0.15, 0.2) is 5.69 Å². The molecule has 0 aliphatic carbocycles. The van der Waals surface area contributed by atoms with Gasteiger partial charge < -0.3 is 10.4 Å². The first-order chi connectivity index (χ1) is 8.56. The second-order valence-corrected chi connectivity index (χ2v) is 3.68.